The summed E-state index contributed by atoms with van der Waals surface area (Å²) in [5, 5.41) is 10.0. The van der Waals surface area contributed by atoms with Crippen molar-refractivity contribution in [2.75, 3.05) is 19.0 Å². The molecule has 0 aliphatic rings. The van der Waals surface area contributed by atoms with E-state index >= 15 is 0 Å². The van der Waals surface area contributed by atoms with Crippen molar-refractivity contribution in [1.82, 2.24) is 10.2 Å². The number of aromatic amines is 1. The summed E-state index contributed by atoms with van der Waals surface area (Å²) in [5.41, 5.74) is 2.16. The van der Waals surface area contributed by atoms with E-state index in [-0.39, 0.29) is 6.04 Å². The molecule has 0 fully saturated rings. The molecule has 0 saturated carbocycles. The van der Waals surface area contributed by atoms with Gasteiger partial charge in [0.2, 0.25) is 0 Å². The summed E-state index contributed by atoms with van der Waals surface area (Å²) < 4.78 is 5.21. The number of benzene rings is 1. The minimum absolute atomic E-state index is 0.142. The summed E-state index contributed by atoms with van der Waals surface area (Å²) in [6, 6.07) is 10.4. The first kappa shape index (κ1) is 10.7. The van der Waals surface area contributed by atoms with E-state index in [0.29, 0.717) is 6.61 Å². The van der Waals surface area contributed by atoms with E-state index in [4.69, 9.17) is 4.74 Å². The summed E-state index contributed by atoms with van der Waals surface area (Å²) >= 11 is 0. The lowest BCUT2D eigenvalue weighted by Crippen LogP contribution is -2.15. The predicted octanol–water partition coefficient (Wildman–Crippen LogP) is 2.21. The molecule has 1 aromatic heterocycles. The van der Waals surface area contributed by atoms with E-state index in [1.807, 2.05) is 24.4 Å². The van der Waals surface area contributed by atoms with E-state index in [1.165, 1.54) is 5.56 Å². The first-order chi connectivity index (χ1) is 7.90. The van der Waals surface area contributed by atoms with Gasteiger partial charge >= 0.3 is 0 Å². The summed E-state index contributed by atoms with van der Waals surface area (Å²) in [6.45, 7) is 0.620. The first-order valence-electron chi connectivity index (χ1n) is 5.19. The third-order valence-electron chi connectivity index (χ3n) is 2.37. The van der Waals surface area contributed by atoms with Gasteiger partial charge in [-0.2, -0.15) is 5.10 Å². The largest absolute Gasteiger partial charge is 0.382 e. The van der Waals surface area contributed by atoms with Crippen LogP contribution in [0.15, 0.2) is 42.7 Å². The van der Waals surface area contributed by atoms with E-state index in [0.717, 1.165) is 5.69 Å². The van der Waals surface area contributed by atoms with Crippen LogP contribution >= 0.6 is 0 Å². The fraction of sp³-hybridized carbons (Fsp3) is 0.250. The topological polar surface area (TPSA) is 49.9 Å². The lowest BCUT2D eigenvalue weighted by molar-refractivity contribution is 0.186. The molecule has 0 saturated heterocycles. The molecule has 0 spiro atoms. The van der Waals surface area contributed by atoms with E-state index < -0.39 is 0 Å². The van der Waals surface area contributed by atoms with Gasteiger partial charge in [-0.25, -0.2) is 0 Å². The maximum Gasteiger partial charge on any atom is 0.0748 e. The third kappa shape index (κ3) is 2.61. The number of hydrogen-bond donors (Lipinski definition) is 2. The number of rotatable bonds is 5. The number of nitrogens with one attached hydrogen (secondary N) is 2. The molecular formula is C12H15N3O. The quantitative estimate of drug-likeness (QED) is 0.807. The van der Waals surface area contributed by atoms with Crippen LogP contribution in [0.25, 0.3) is 0 Å². The van der Waals surface area contributed by atoms with Gasteiger partial charge in [-0.15, -0.1) is 0 Å². The number of aromatic nitrogens is 2. The van der Waals surface area contributed by atoms with Crippen molar-refractivity contribution in [2.45, 2.75) is 6.04 Å². The van der Waals surface area contributed by atoms with Crippen molar-refractivity contribution >= 4 is 5.69 Å². The molecule has 4 nitrogen and oxygen atoms in total. The van der Waals surface area contributed by atoms with Crippen LogP contribution in [0.1, 0.15) is 11.6 Å². The molecular weight excluding hydrogens is 202 g/mol. The fourth-order valence-corrected chi connectivity index (χ4v) is 1.60. The Hall–Kier alpha value is -1.81. The zero-order valence-electron chi connectivity index (χ0n) is 9.18. The Morgan fingerprint density at radius 1 is 1.38 bits per heavy atom. The first-order valence-corrected chi connectivity index (χ1v) is 5.19. The Balaban J connectivity index is 2.11. The minimum atomic E-state index is 0.142. The molecule has 0 amide bonds. The van der Waals surface area contributed by atoms with E-state index in [1.54, 1.807) is 13.3 Å². The summed E-state index contributed by atoms with van der Waals surface area (Å²) in [7, 11) is 1.70. The highest BCUT2D eigenvalue weighted by Gasteiger charge is 2.10. The van der Waals surface area contributed by atoms with Gasteiger partial charge in [0.1, 0.15) is 0 Å². The van der Waals surface area contributed by atoms with Gasteiger partial charge in [0.25, 0.3) is 0 Å². The van der Waals surface area contributed by atoms with Gasteiger partial charge in [0.05, 0.1) is 24.5 Å². The molecule has 1 aromatic carbocycles. The molecule has 2 N–H and O–H groups in total. The SMILES string of the molecule is COCC(Nc1cn[nH]c1)c1ccccc1. The molecule has 16 heavy (non-hydrogen) atoms. The van der Waals surface area contributed by atoms with Crippen LogP contribution in [0.5, 0.6) is 0 Å². The van der Waals surface area contributed by atoms with Gasteiger partial charge in [-0.3, -0.25) is 5.10 Å². The molecule has 0 aliphatic heterocycles. The minimum Gasteiger partial charge on any atom is -0.382 e. The monoisotopic (exact) mass is 217 g/mol. The number of methoxy groups -OCH3 is 1. The second-order valence-corrected chi connectivity index (χ2v) is 3.55. The van der Waals surface area contributed by atoms with Crippen LogP contribution in [-0.2, 0) is 4.74 Å². The van der Waals surface area contributed by atoms with Crippen molar-refractivity contribution in [2.24, 2.45) is 0 Å². The standard InChI is InChI=1S/C12H15N3O/c1-16-9-12(10-5-3-2-4-6-10)15-11-7-13-14-8-11/h2-8,12,15H,9H2,1H3,(H,13,14). The number of ether oxygens (including phenoxy) is 1. The highest BCUT2D eigenvalue weighted by Crippen LogP contribution is 2.18. The van der Waals surface area contributed by atoms with Crippen molar-refractivity contribution in [3.05, 3.63) is 48.3 Å². The molecule has 1 atom stereocenters. The van der Waals surface area contributed by atoms with E-state index in [2.05, 4.69) is 27.6 Å². The second-order valence-electron chi connectivity index (χ2n) is 3.55. The van der Waals surface area contributed by atoms with Crippen LogP contribution in [0.3, 0.4) is 0 Å². The van der Waals surface area contributed by atoms with Gasteiger partial charge in [-0.05, 0) is 5.56 Å². The molecule has 2 aromatic rings. The predicted molar refractivity (Wildman–Crippen MR) is 63.3 cm³/mol. The summed E-state index contributed by atoms with van der Waals surface area (Å²) in [5.74, 6) is 0. The smallest absolute Gasteiger partial charge is 0.0748 e. The average Bonchev–Trinajstić information content (AvgIpc) is 2.83. The van der Waals surface area contributed by atoms with Crippen LogP contribution in [0.4, 0.5) is 5.69 Å². The number of hydrogen-bond acceptors (Lipinski definition) is 3. The van der Waals surface area contributed by atoms with Crippen molar-refractivity contribution in [3.63, 3.8) is 0 Å². The van der Waals surface area contributed by atoms with Crippen LogP contribution in [-0.4, -0.2) is 23.9 Å². The average molecular weight is 217 g/mol. The zero-order valence-corrected chi connectivity index (χ0v) is 9.18. The van der Waals surface area contributed by atoms with Gasteiger partial charge in [0.15, 0.2) is 0 Å². The summed E-state index contributed by atoms with van der Waals surface area (Å²) in [4.78, 5) is 0. The number of nitrogens with zero attached hydrogens (tertiary/aromatic N) is 1. The molecule has 84 valence electrons. The Morgan fingerprint density at radius 2 is 2.19 bits per heavy atom. The molecule has 0 radical (unpaired) electrons. The van der Waals surface area contributed by atoms with Gasteiger partial charge in [-0.1, -0.05) is 30.3 Å². The third-order valence-corrected chi connectivity index (χ3v) is 2.37. The van der Waals surface area contributed by atoms with Crippen LogP contribution in [0.2, 0.25) is 0 Å². The lowest BCUT2D eigenvalue weighted by atomic mass is 10.1. The molecule has 2 rings (SSSR count). The second kappa shape index (κ2) is 5.32. The van der Waals surface area contributed by atoms with Crippen LogP contribution < -0.4 is 5.32 Å². The Bertz CT molecular complexity index is 399. The molecule has 0 aliphatic carbocycles. The van der Waals surface area contributed by atoms with Gasteiger partial charge < -0.3 is 10.1 Å². The van der Waals surface area contributed by atoms with E-state index in [9.17, 15) is 0 Å². The summed E-state index contributed by atoms with van der Waals surface area (Å²) in [6.07, 6.45) is 3.58. The van der Waals surface area contributed by atoms with Crippen molar-refractivity contribution in [3.8, 4) is 0 Å². The zero-order chi connectivity index (χ0) is 11.2. The molecule has 0 bridgehead atoms. The van der Waals surface area contributed by atoms with Crippen molar-refractivity contribution in [1.29, 1.82) is 0 Å². The highest BCUT2D eigenvalue weighted by atomic mass is 16.5. The lowest BCUT2D eigenvalue weighted by Gasteiger charge is -2.18. The number of H-pyrrole nitrogens is 1. The maximum absolute atomic E-state index is 5.21. The normalized spacial score (nSPS) is 12.3. The Kier molecular flexibility index (Phi) is 3.56. The number of anilines is 1. The molecule has 1 unspecified atom stereocenters. The molecule has 4 heteroatoms. The maximum atomic E-state index is 5.21. The van der Waals surface area contributed by atoms with Crippen molar-refractivity contribution < 1.29 is 4.74 Å². The highest BCUT2D eigenvalue weighted by molar-refractivity contribution is 5.41. The van der Waals surface area contributed by atoms with Crippen LogP contribution in [0, 0.1) is 0 Å². The fourth-order valence-electron chi connectivity index (χ4n) is 1.60. The Morgan fingerprint density at radius 3 is 2.81 bits per heavy atom. The van der Waals surface area contributed by atoms with Gasteiger partial charge in [0, 0.05) is 13.3 Å². The molecule has 1 heterocycles. The Labute approximate surface area is 94.6 Å².